The normalized spacial score (nSPS) is 24.0. The van der Waals surface area contributed by atoms with Gasteiger partial charge in [0.05, 0.1) is 13.2 Å². The van der Waals surface area contributed by atoms with Crippen LogP contribution < -0.4 is 4.90 Å². The van der Waals surface area contributed by atoms with Gasteiger partial charge < -0.3 is 24.5 Å². The van der Waals surface area contributed by atoms with Crippen LogP contribution in [-0.4, -0.2) is 95.5 Å². The van der Waals surface area contributed by atoms with E-state index in [-0.39, 0.29) is 11.4 Å². The summed E-state index contributed by atoms with van der Waals surface area (Å²) < 4.78 is 37.6. The molecule has 0 saturated carbocycles. The molecule has 0 aliphatic carbocycles. The summed E-state index contributed by atoms with van der Waals surface area (Å²) in [7, 11) is 0. The lowest BCUT2D eigenvalue weighted by atomic mass is 9.87. The molecule has 0 aromatic carbocycles. The molecule has 1 spiro atoms. The highest BCUT2D eigenvalue weighted by Gasteiger charge is 2.43. The number of amides is 2. The number of hydrogen-bond acceptors (Lipinski definition) is 6. The highest BCUT2D eigenvalue weighted by Crippen LogP contribution is 2.35. The first-order valence-electron chi connectivity index (χ1n) is 10.1. The maximum atomic E-state index is 12.8. The summed E-state index contributed by atoms with van der Waals surface area (Å²) in [6.07, 6.45) is 1.73. The van der Waals surface area contributed by atoms with E-state index in [9.17, 15) is 18.0 Å². The van der Waals surface area contributed by atoms with E-state index in [4.69, 9.17) is 14.6 Å². The van der Waals surface area contributed by atoms with Gasteiger partial charge in [0.2, 0.25) is 5.95 Å². The van der Waals surface area contributed by atoms with Crippen LogP contribution >= 0.6 is 0 Å². The van der Waals surface area contributed by atoms with Gasteiger partial charge >= 0.3 is 18.2 Å². The van der Waals surface area contributed by atoms with Crippen molar-refractivity contribution in [3.63, 3.8) is 0 Å². The van der Waals surface area contributed by atoms with Crippen molar-refractivity contribution < 1.29 is 32.6 Å². The van der Waals surface area contributed by atoms with Crippen molar-refractivity contribution in [1.82, 2.24) is 19.8 Å². The van der Waals surface area contributed by atoms with Gasteiger partial charge in [0.25, 0.3) is 0 Å². The molecule has 172 valence electrons. The van der Waals surface area contributed by atoms with E-state index in [0.717, 1.165) is 57.9 Å². The van der Waals surface area contributed by atoms with Crippen LogP contribution in [0.25, 0.3) is 0 Å². The van der Waals surface area contributed by atoms with Crippen LogP contribution in [0.15, 0.2) is 18.5 Å². The van der Waals surface area contributed by atoms with Crippen molar-refractivity contribution in [1.29, 1.82) is 0 Å². The fourth-order valence-corrected chi connectivity index (χ4v) is 4.07. The first kappa shape index (κ1) is 23.0. The fourth-order valence-electron chi connectivity index (χ4n) is 4.07. The summed E-state index contributed by atoms with van der Waals surface area (Å²) in [5, 5.41) is 7.12. The molecule has 1 unspecified atom stereocenters. The third kappa shape index (κ3) is 5.96. The Kier molecular flexibility index (Phi) is 7.19. The van der Waals surface area contributed by atoms with E-state index in [0.29, 0.717) is 19.8 Å². The zero-order valence-electron chi connectivity index (χ0n) is 17.1. The van der Waals surface area contributed by atoms with Crippen molar-refractivity contribution in [3.05, 3.63) is 18.5 Å². The Morgan fingerprint density at radius 2 is 1.68 bits per heavy atom. The molecule has 4 heterocycles. The number of aliphatic carboxylic acids is 1. The summed E-state index contributed by atoms with van der Waals surface area (Å²) >= 11 is 0. The van der Waals surface area contributed by atoms with E-state index < -0.39 is 12.1 Å². The Labute approximate surface area is 177 Å². The van der Waals surface area contributed by atoms with Crippen molar-refractivity contribution >= 4 is 17.9 Å². The monoisotopic (exact) mass is 445 g/mol. The molecule has 1 aromatic rings. The molecule has 1 atom stereocenters. The van der Waals surface area contributed by atoms with Gasteiger partial charge in [0.1, 0.15) is 0 Å². The van der Waals surface area contributed by atoms with Gasteiger partial charge in [0, 0.05) is 57.1 Å². The zero-order chi connectivity index (χ0) is 22.5. The number of carboxylic acid groups (broad SMARTS) is 1. The lowest BCUT2D eigenvalue weighted by Gasteiger charge is -2.33. The minimum Gasteiger partial charge on any atom is -0.475 e. The molecular weight excluding hydrogens is 419 g/mol. The number of rotatable bonds is 1. The summed E-state index contributed by atoms with van der Waals surface area (Å²) in [5.74, 6) is -1.98. The van der Waals surface area contributed by atoms with E-state index >= 15 is 0 Å². The average molecular weight is 445 g/mol. The van der Waals surface area contributed by atoms with Gasteiger partial charge in [-0.2, -0.15) is 13.2 Å². The van der Waals surface area contributed by atoms with Crippen molar-refractivity contribution in [2.45, 2.75) is 25.4 Å². The molecule has 1 N–H and O–H groups in total. The number of carboxylic acids is 1. The summed E-state index contributed by atoms with van der Waals surface area (Å²) in [6.45, 7) is 6.36. The number of alkyl halides is 3. The lowest BCUT2D eigenvalue weighted by molar-refractivity contribution is -0.192. The van der Waals surface area contributed by atoms with Crippen LogP contribution in [0.4, 0.5) is 23.9 Å². The molecule has 9 nitrogen and oxygen atoms in total. The zero-order valence-corrected chi connectivity index (χ0v) is 17.1. The topological polar surface area (TPSA) is 99.1 Å². The van der Waals surface area contributed by atoms with Crippen molar-refractivity contribution in [3.8, 4) is 0 Å². The highest BCUT2D eigenvalue weighted by atomic mass is 19.4. The first-order chi connectivity index (χ1) is 14.7. The number of halogens is 3. The molecule has 1 aromatic heterocycles. The smallest absolute Gasteiger partial charge is 0.475 e. The van der Waals surface area contributed by atoms with E-state index in [2.05, 4.69) is 14.9 Å². The molecular formula is C19H26F3N5O4. The molecule has 0 radical (unpaired) electrons. The largest absolute Gasteiger partial charge is 0.490 e. The second-order valence-corrected chi connectivity index (χ2v) is 7.97. The highest BCUT2D eigenvalue weighted by molar-refractivity contribution is 5.75. The summed E-state index contributed by atoms with van der Waals surface area (Å²) in [5.41, 5.74) is -0.00884. The van der Waals surface area contributed by atoms with Gasteiger partial charge in [-0.15, -0.1) is 0 Å². The summed E-state index contributed by atoms with van der Waals surface area (Å²) in [6, 6.07) is 2.02. The van der Waals surface area contributed by atoms with Crippen molar-refractivity contribution in [2.75, 3.05) is 57.4 Å². The summed E-state index contributed by atoms with van der Waals surface area (Å²) in [4.78, 5) is 36.6. The van der Waals surface area contributed by atoms with Gasteiger partial charge in [-0.1, -0.05) is 0 Å². The minimum absolute atomic E-state index is 0.00884. The number of carbonyl (C=O) groups is 2. The van der Waals surface area contributed by atoms with Crippen molar-refractivity contribution in [2.24, 2.45) is 5.41 Å². The molecule has 2 amide bonds. The Bertz CT molecular complexity index is 761. The second kappa shape index (κ2) is 9.67. The molecule has 4 rings (SSSR count). The second-order valence-electron chi connectivity index (χ2n) is 7.97. The molecule has 3 saturated heterocycles. The van der Waals surface area contributed by atoms with E-state index in [1.54, 1.807) is 12.4 Å². The molecule has 3 aliphatic rings. The number of nitrogens with zero attached hydrogens (tertiary/aromatic N) is 5. The minimum atomic E-state index is -5.08. The standard InChI is InChI=1S/C17H25N5O2.C2HF3O2/c23-16(20-7-1-2-8-20)22-10-11-24-14-17(13-22)4-9-21(12-17)15-18-5-3-6-19-15;3-2(4,5)1(6)7/h3,5-6H,1-2,4,7-14H2;(H,6,7). The maximum Gasteiger partial charge on any atom is 0.490 e. The maximum absolute atomic E-state index is 12.8. The number of ether oxygens (including phenoxy) is 1. The molecule has 3 aliphatic heterocycles. The first-order valence-corrected chi connectivity index (χ1v) is 10.1. The van der Waals surface area contributed by atoms with E-state index in [1.807, 2.05) is 15.9 Å². The van der Waals surface area contributed by atoms with Gasteiger partial charge in [-0.25, -0.2) is 19.6 Å². The van der Waals surface area contributed by atoms with Gasteiger partial charge in [-0.05, 0) is 25.3 Å². The van der Waals surface area contributed by atoms with Crippen LogP contribution in [0.2, 0.25) is 0 Å². The number of urea groups is 1. The number of likely N-dealkylation sites (tertiary alicyclic amines) is 1. The number of carbonyl (C=O) groups excluding carboxylic acids is 1. The predicted octanol–water partition coefficient (Wildman–Crippen LogP) is 1.85. The molecule has 3 fully saturated rings. The molecule has 31 heavy (non-hydrogen) atoms. The Morgan fingerprint density at radius 1 is 1.03 bits per heavy atom. The average Bonchev–Trinajstić information content (AvgIpc) is 3.36. The van der Waals surface area contributed by atoms with Crippen LogP contribution in [0.1, 0.15) is 19.3 Å². The third-order valence-electron chi connectivity index (χ3n) is 5.60. The fraction of sp³-hybridized carbons (Fsp3) is 0.684. The van der Waals surface area contributed by atoms with Crippen LogP contribution in [0, 0.1) is 5.41 Å². The predicted molar refractivity (Wildman–Crippen MR) is 104 cm³/mol. The third-order valence-corrected chi connectivity index (χ3v) is 5.60. The molecule has 0 bridgehead atoms. The SMILES string of the molecule is O=C(N1CCCC1)N1CCOCC2(CCN(c3ncccn3)C2)C1.O=C(O)C(F)(F)F. The van der Waals surface area contributed by atoms with E-state index in [1.165, 1.54) is 0 Å². The number of hydrogen-bond donors (Lipinski definition) is 1. The van der Waals surface area contributed by atoms with Gasteiger partial charge in [0.15, 0.2) is 0 Å². The Hall–Kier alpha value is -2.63. The quantitative estimate of drug-likeness (QED) is 0.704. The number of anilines is 1. The Balaban J connectivity index is 0.000000339. The van der Waals surface area contributed by atoms with Gasteiger partial charge in [-0.3, -0.25) is 0 Å². The number of aromatic nitrogens is 2. The van der Waals surface area contributed by atoms with Crippen LogP contribution in [-0.2, 0) is 9.53 Å². The lowest BCUT2D eigenvalue weighted by Crippen LogP contribution is -2.48. The molecule has 12 heteroatoms. The van der Waals surface area contributed by atoms with Crippen LogP contribution in [0.5, 0.6) is 0 Å². The van der Waals surface area contributed by atoms with Crippen LogP contribution in [0.3, 0.4) is 0 Å². The Morgan fingerprint density at radius 3 is 2.29 bits per heavy atom.